The molecule has 0 amide bonds. The molecule has 0 aromatic heterocycles. The highest BCUT2D eigenvalue weighted by molar-refractivity contribution is 5.92. The molecule has 5 saturated carbocycles. The van der Waals surface area contributed by atoms with Crippen LogP contribution in [0.5, 0.6) is 0 Å². The molecule has 146 valence electrons. The van der Waals surface area contributed by atoms with E-state index < -0.39 is 0 Å². The lowest BCUT2D eigenvalue weighted by molar-refractivity contribution is -0.0936. The Morgan fingerprint density at radius 1 is 0.731 bits per heavy atom. The van der Waals surface area contributed by atoms with Gasteiger partial charge in [0.15, 0.2) is 0 Å². The second kappa shape index (κ2) is 6.63. The van der Waals surface area contributed by atoms with E-state index in [9.17, 15) is 0 Å². The Bertz CT molecular complexity index is 559. The topological polar surface area (TPSA) is 12.4 Å². The number of hydrogen-bond donors (Lipinski definition) is 0. The van der Waals surface area contributed by atoms with Crippen molar-refractivity contribution in [3.05, 3.63) is 0 Å². The average Bonchev–Trinajstić information content (AvgIpc) is 2.98. The minimum absolute atomic E-state index is 0.469. The largest absolute Gasteiger partial charge is 0.290 e. The first-order valence-electron chi connectivity index (χ1n) is 12.2. The SMILES string of the molecule is C[C@@]12CCCC[C@@H]1CC[C@H]1[C@H]2CC[C@]2(C)C(=NC3CCCCC3)CC[C@@H]12. The van der Waals surface area contributed by atoms with Crippen LogP contribution >= 0.6 is 0 Å². The van der Waals surface area contributed by atoms with Gasteiger partial charge in [0.05, 0.1) is 0 Å². The third-order valence-electron chi connectivity index (χ3n) is 10.2. The third-order valence-corrected chi connectivity index (χ3v) is 10.2. The maximum absolute atomic E-state index is 5.44. The van der Waals surface area contributed by atoms with E-state index in [1.54, 1.807) is 18.6 Å². The molecule has 0 N–H and O–H groups in total. The van der Waals surface area contributed by atoms with Crippen LogP contribution in [0.4, 0.5) is 0 Å². The maximum atomic E-state index is 5.44. The molecule has 1 heteroatoms. The summed E-state index contributed by atoms with van der Waals surface area (Å²) in [5, 5.41) is 0. The van der Waals surface area contributed by atoms with Crippen LogP contribution in [0.15, 0.2) is 4.99 Å². The summed E-state index contributed by atoms with van der Waals surface area (Å²) in [6, 6.07) is 0.679. The van der Waals surface area contributed by atoms with E-state index in [4.69, 9.17) is 4.99 Å². The van der Waals surface area contributed by atoms with Gasteiger partial charge in [-0.3, -0.25) is 4.99 Å². The van der Waals surface area contributed by atoms with Gasteiger partial charge in [0.2, 0.25) is 0 Å². The van der Waals surface area contributed by atoms with E-state index in [-0.39, 0.29) is 0 Å². The van der Waals surface area contributed by atoms with Gasteiger partial charge in [-0.2, -0.15) is 0 Å². The van der Waals surface area contributed by atoms with E-state index in [1.165, 1.54) is 83.5 Å². The Hall–Kier alpha value is -0.330. The minimum atomic E-state index is 0.469. The average molecular weight is 356 g/mol. The zero-order valence-corrected chi connectivity index (χ0v) is 17.4. The van der Waals surface area contributed by atoms with Crippen molar-refractivity contribution in [3.8, 4) is 0 Å². The highest BCUT2D eigenvalue weighted by Crippen LogP contribution is 2.65. The Balaban J connectivity index is 1.39. The standard InChI is InChI=1S/C25H41N/c1-24-16-7-6-8-18(24)11-12-20-21-13-14-23(25(21,2)17-15-22(20)24)26-19-9-4-3-5-10-19/h18-22H,3-17H2,1-2H3/t18-,20-,21+,22-,24-,25+/m1/s1. The number of rotatable bonds is 1. The van der Waals surface area contributed by atoms with Crippen molar-refractivity contribution in [2.24, 2.45) is 39.5 Å². The summed E-state index contributed by atoms with van der Waals surface area (Å²) in [6.07, 6.45) is 22.0. The van der Waals surface area contributed by atoms with Crippen LogP contribution in [0.1, 0.15) is 110 Å². The summed E-state index contributed by atoms with van der Waals surface area (Å²) < 4.78 is 0. The first-order valence-corrected chi connectivity index (χ1v) is 12.2. The summed E-state index contributed by atoms with van der Waals surface area (Å²) in [6.45, 7) is 5.35. The van der Waals surface area contributed by atoms with Gasteiger partial charge in [-0.05, 0) is 93.3 Å². The van der Waals surface area contributed by atoms with Crippen LogP contribution in [0.25, 0.3) is 0 Å². The zero-order valence-electron chi connectivity index (χ0n) is 17.4. The molecular weight excluding hydrogens is 314 g/mol. The highest BCUT2D eigenvalue weighted by Gasteiger charge is 2.58. The molecule has 0 bridgehead atoms. The molecule has 6 atom stereocenters. The molecule has 0 heterocycles. The molecule has 0 aromatic rings. The van der Waals surface area contributed by atoms with Gasteiger partial charge in [0.1, 0.15) is 0 Å². The number of aliphatic imine (C=N–C) groups is 1. The van der Waals surface area contributed by atoms with Gasteiger partial charge in [0, 0.05) is 17.2 Å². The molecule has 1 nitrogen and oxygen atoms in total. The summed E-state index contributed by atoms with van der Waals surface area (Å²) >= 11 is 0. The number of fused-ring (bicyclic) bond motifs is 5. The van der Waals surface area contributed by atoms with Crippen LogP contribution in [0.2, 0.25) is 0 Å². The van der Waals surface area contributed by atoms with Crippen LogP contribution in [-0.4, -0.2) is 11.8 Å². The van der Waals surface area contributed by atoms with Gasteiger partial charge < -0.3 is 0 Å². The van der Waals surface area contributed by atoms with Crippen LogP contribution in [0.3, 0.4) is 0 Å². The van der Waals surface area contributed by atoms with Crippen LogP contribution < -0.4 is 0 Å². The van der Waals surface area contributed by atoms with Crippen molar-refractivity contribution in [3.63, 3.8) is 0 Å². The molecule has 0 unspecified atom stereocenters. The molecule has 5 fully saturated rings. The molecular formula is C25H41N. The van der Waals surface area contributed by atoms with E-state index >= 15 is 0 Å². The second-order valence-electron chi connectivity index (χ2n) is 11.3. The first kappa shape index (κ1) is 17.7. The van der Waals surface area contributed by atoms with Crippen LogP contribution in [-0.2, 0) is 0 Å². The minimum Gasteiger partial charge on any atom is -0.290 e. The Kier molecular flexibility index (Phi) is 4.52. The molecule has 5 aliphatic rings. The third kappa shape index (κ3) is 2.66. The van der Waals surface area contributed by atoms with Crippen molar-refractivity contribution in [1.82, 2.24) is 0 Å². The Morgan fingerprint density at radius 3 is 2.38 bits per heavy atom. The number of nitrogens with zero attached hydrogens (tertiary/aromatic N) is 1. The lowest BCUT2D eigenvalue weighted by Crippen LogP contribution is -2.52. The summed E-state index contributed by atoms with van der Waals surface area (Å²) in [7, 11) is 0. The molecule has 26 heavy (non-hydrogen) atoms. The van der Waals surface area contributed by atoms with E-state index in [0.29, 0.717) is 16.9 Å². The first-order chi connectivity index (χ1) is 12.6. The predicted octanol–water partition coefficient (Wildman–Crippen LogP) is 7.19. The molecule has 5 rings (SSSR count). The van der Waals surface area contributed by atoms with E-state index in [1.807, 2.05) is 0 Å². The Morgan fingerprint density at radius 2 is 1.54 bits per heavy atom. The van der Waals surface area contributed by atoms with Crippen molar-refractivity contribution in [2.75, 3.05) is 0 Å². The van der Waals surface area contributed by atoms with Gasteiger partial charge in [-0.1, -0.05) is 46.0 Å². The fourth-order valence-electron chi connectivity index (χ4n) is 8.73. The fraction of sp³-hybridized carbons (Fsp3) is 0.960. The smallest absolute Gasteiger partial charge is 0.0499 e. The molecule has 0 spiro atoms. The fourth-order valence-corrected chi connectivity index (χ4v) is 8.73. The normalized spacial score (nSPS) is 50.9. The summed E-state index contributed by atoms with van der Waals surface area (Å²) in [5.41, 5.74) is 2.83. The van der Waals surface area contributed by atoms with Crippen molar-refractivity contribution < 1.29 is 0 Å². The monoisotopic (exact) mass is 355 g/mol. The Labute approximate surface area is 161 Å². The molecule has 0 aromatic carbocycles. The zero-order chi connectivity index (χ0) is 17.8. The molecule has 0 radical (unpaired) electrons. The summed E-state index contributed by atoms with van der Waals surface area (Å²) in [5.74, 6) is 4.07. The van der Waals surface area contributed by atoms with Gasteiger partial charge in [-0.25, -0.2) is 0 Å². The lowest BCUT2D eigenvalue weighted by atomic mass is 9.45. The van der Waals surface area contributed by atoms with Crippen molar-refractivity contribution in [1.29, 1.82) is 0 Å². The van der Waals surface area contributed by atoms with Gasteiger partial charge >= 0.3 is 0 Å². The van der Waals surface area contributed by atoms with Gasteiger partial charge in [-0.15, -0.1) is 0 Å². The maximum Gasteiger partial charge on any atom is 0.0499 e. The quantitative estimate of drug-likeness (QED) is 0.472. The van der Waals surface area contributed by atoms with Crippen molar-refractivity contribution >= 4 is 5.71 Å². The summed E-state index contributed by atoms with van der Waals surface area (Å²) in [4.78, 5) is 5.44. The molecule has 0 saturated heterocycles. The number of hydrogen-bond acceptors (Lipinski definition) is 1. The molecule has 0 aliphatic heterocycles. The van der Waals surface area contributed by atoms with E-state index in [2.05, 4.69) is 13.8 Å². The second-order valence-corrected chi connectivity index (χ2v) is 11.3. The predicted molar refractivity (Wildman–Crippen MR) is 111 cm³/mol. The van der Waals surface area contributed by atoms with Crippen molar-refractivity contribution in [2.45, 2.75) is 116 Å². The van der Waals surface area contributed by atoms with Crippen LogP contribution in [0, 0.1) is 34.5 Å². The van der Waals surface area contributed by atoms with E-state index in [0.717, 1.165) is 23.7 Å². The highest BCUT2D eigenvalue weighted by atomic mass is 14.8. The lowest BCUT2D eigenvalue weighted by Gasteiger charge is -2.60. The van der Waals surface area contributed by atoms with Gasteiger partial charge in [0.25, 0.3) is 0 Å². The molecule has 5 aliphatic carbocycles.